The van der Waals surface area contributed by atoms with E-state index >= 15 is 0 Å². The first-order valence-electron chi connectivity index (χ1n) is 27.4. The number of hydrogen-bond donors (Lipinski definition) is 7. The number of esters is 1. The molecule has 11 unspecified atom stereocenters. The Morgan fingerprint density at radius 2 is 0.929 bits per heavy atom. The lowest BCUT2D eigenvalue weighted by Crippen LogP contribution is -2.61. The van der Waals surface area contributed by atoms with Crippen LogP contribution >= 0.6 is 0 Å². The number of unbranched alkanes of at least 4 members (excludes halogenated alkanes) is 19. The highest BCUT2D eigenvalue weighted by Gasteiger charge is 2.47. The summed E-state index contributed by atoms with van der Waals surface area (Å²) in [5.74, 6) is -0.385. The summed E-state index contributed by atoms with van der Waals surface area (Å²) in [4.78, 5) is 13.0. The first-order valence-corrected chi connectivity index (χ1v) is 27.4. The van der Waals surface area contributed by atoms with Crippen molar-refractivity contribution < 1.29 is 69.0 Å². The maximum absolute atomic E-state index is 13.0. The molecule has 0 aromatic carbocycles. The molecule has 14 heteroatoms. The van der Waals surface area contributed by atoms with Gasteiger partial charge in [0.05, 0.1) is 26.4 Å². The zero-order valence-corrected chi connectivity index (χ0v) is 43.2. The molecule has 2 aliphatic heterocycles. The van der Waals surface area contributed by atoms with Crippen molar-refractivity contribution in [2.75, 3.05) is 33.0 Å². The van der Waals surface area contributed by atoms with Gasteiger partial charge in [-0.2, -0.15) is 0 Å². The summed E-state index contributed by atoms with van der Waals surface area (Å²) in [6.07, 6.45) is 35.6. The van der Waals surface area contributed by atoms with Crippen molar-refractivity contribution in [3.63, 3.8) is 0 Å². The average molecular weight is 995 g/mol. The summed E-state index contributed by atoms with van der Waals surface area (Å²) >= 11 is 0. The molecule has 2 heterocycles. The van der Waals surface area contributed by atoms with E-state index in [0.717, 1.165) is 77.0 Å². The molecule has 0 amide bonds. The summed E-state index contributed by atoms with van der Waals surface area (Å²) in [7, 11) is 0. The molecule has 2 aliphatic rings. The molecule has 0 saturated carbocycles. The second-order valence-corrected chi connectivity index (χ2v) is 19.0. The minimum absolute atomic E-state index is 0.0540. The lowest BCUT2D eigenvalue weighted by molar-refractivity contribution is -0.332. The van der Waals surface area contributed by atoms with Crippen LogP contribution in [0.2, 0.25) is 0 Å². The molecule has 0 bridgehead atoms. The van der Waals surface area contributed by atoms with Crippen LogP contribution in [0.5, 0.6) is 0 Å². The molecule has 0 aliphatic carbocycles. The topological polar surface area (TPSA) is 214 Å². The predicted octanol–water partition coefficient (Wildman–Crippen LogP) is 8.91. The van der Waals surface area contributed by atoms with Gasteiger partial charge in [-0.1, -0.05) is 164 Å². The van der Waals surface area contributed by atoms with Gasteiger partial charge in [-0.05, 0) is 77.0 Å². The molecule has 2 fully saturated rings. The maximum Gasteiger partial charge on any atom is 0.306 e. The fraction of sp³-hybridized carbons (Fsp3) is 0.804. The van der Waals surface area contributed by atoms with Gasteiger partial charge in [0.15, 0.2) is 12.6 Å². The first kappa shape index (κ1) is 63.8. The molecule has 0 aromatic heterocycles. The summed E-state index contributed by atoms with van der Waals surface area (Å²) in [6.45, 7) is 3.53. The quantitative estimate of drug-likeness (QED) is 0.0173. The van der Waals surface area contributed by atoms with Gasteiger partial charge < -0.3 is 64.2 Å². The van der Waals surface area contributed by atoms with Crippen LogP contribution in [-0.4, -0.2) is 142 Å². The van der Waals surface area contributed by atoms with E-state index in [2.05, 4.69) is 74.6 Å². The molecule has 14 nitrogen and oxygen atoms in total. The van der Waals surface area contributed by atoms with E-state index in [4.69, 9.17) is 28.4 Å². The Kier molecular flexibility index (Phi) is 39.3. The number of carbonyl (C=O) groups excluding carboxylic acids is 1. The Morgan fingerprint density at radius 3 is 1.47 bits per heavy atom. The first-order chi connectivity index (χ1) is 34.1. The molecule has 2 rings (SSSR count). The minimum atomic E-state index is -1.71. The molecule has 0 radical (unpaired) electrons. The van der Waals surface area contributed by atoms with Crippen LogP contribution in [0.4, 0.5) is 0 Å². The van der Waals surface area contributed by atoms with Gasteiger partial charge in [-0.3, -0.25) is 4.79 Å². The molecule has 70 heavy (non-hydrogen) atoms. The van der Waals surface area contributed by atoms with Crippen LogP contribution in [0.15, 0.2) is 60.8 Å². The van der Waals surface area contributed by atoms with E-state index in [1.807, 2.05) is 0 Å². The standard InChI is InChI=1S/C56H98O14/c1-3-5-7-9-11-13-15-17-18-19-20-21-22-23-24-25-26-27-29-31-33-35-37-39-48(58)68-45(42-65-40-38-36-34-32-30-28-16-14-12-10-8-6-4-2)43-66-55-54(64)52(62)50(60)47(70-55)44-67-56-53(63)51(61)49(59)46(41-57)69-56/h5,7,11-14,17-18,20-21,45-47,49-57,59-64H,3-4,6,8-10,15-16,19,22-44H2,1-2H3/b7-5-,13-11-,14-12-,18-17-,21-20-. The number of carbonyl (C=O) groups is 1. The van der Waals surface area contributed by atoms with Crippen molar-refractivity contribution in [2.24, 2.45) is 0 Å². The normalized spacial score (nSPS) is 26.0. The van der Waals surface area contributed by atoms with Crippen molar-refractivity contribution in [3.05, 3.63) is 60.8 Å². The van der Waals surface area contributed by atoms with Crippen molar-refractivity contribution in [1.82, 2.24) is 0 Å². The molecule has 406 valence electrons. The molecular formula is C56H98O14. The number of ether oxygens (including phenoxy) is 6. The summed E-state index contributed by atoms with van der Waals surface area (Å²) in [5.41, 5.74) is 0. The summed E-state index contributed by atoms with van der Waals surface area (Å²) in [5, 5.41) is 72.2. The monoisotopic (exact) mass is 995 g/mol. The van der Waals surface area contributed by atoms with Crippen LogP contribution in [0.1, 0.15) is 187 Å². The predicted molar refractivity (Wildman–Crippen MR) is 275 cm³/mol. The van der Waals surface area contributed by atoms with Crippen LogP contribution in [0, 0.1) is 0 Å². The largest absolute Gasteiger partial charge is 0.457 e. The highest BCUT2D eigenvalue weighted by molar-refractivity contribution is 5.69. The zero-order valence-electron chi connectivity index (χ0n) is 43.2. The van der Waals surface area contributed by atoms with Crippen LogP contribution in [0.25, 0.3) is 0 Å². The van der Waals surface area contributed by atoms with Crippen molar-refractivity contribution >= 4 is 5.97 Å². The third kappa shape index (κ3) is 30.0. The number of aliphatic hydroxyl groups is 7. The summed E-state index contributed by atoms with van der Waals surface area (Å²) in [6, 6.07) is 0. The van der Waals surface area contributed by atoms with E-state index in [1.165, 1.54) is 83.5 Å². The van der Waals surface area contributed by atoms with Gasteiger partial charge in [0.1, 0.15) is 54.9 Å². The third-order valence-corrected chi connectivity index (χ3v) is 12.8. The van der Waals surface area contributed by atoms with E-state index in [0.29, 0.717) is 13.0 Å². The highest BCUT2D eigenvalue weighted by atomic mass is 16.7. The Morgan fingerprint density at radius 1 is 0.486 bits per heavy atom. The molecule has 0 aromatic rings. The highest BCUT2D eigenvalue weighted by Crippen LogP contribution is 2.26. The van der Waals surface area contributed by atoms with Gasteiger partial charge in [-0.15, -0.1) is 0 Å². The number of hydrogen-bond acceptors (Lipinski definition) is 14. The Bertz CT molecular complexity index is 1390. The van der Waals surface area contributed by atoms with Crippen molar-refractivity contribution in [2.45, 2.75) is 255 Å². The van der Waals surface area contributed by atoms with Gasteiger partial charge in [-0.25, -0.2) is 0 Å². The molecular weight excluding hydrogens is 897 g/mol. The van der Waals surface area contributed by atoms with Crippen molar-refractivity contribution in [3.8, 4) is 0 Å². The van der Waals surface area contributed by atoms with E-state index in [-0.39, 0.29) is 25.6 Å². The second kappa shape index (κ2) is 43.1. The van der Waals surface area contributed by atoms with Crippen LogP contribution < -0.4 is 0 Å². The smallest absolute Gasteiger partial charge is 0.306 e. The van der Waals surface area contributed by atoms with Crippen LogP contribution in [-0.2, 0) is 33.2 Å². The fourth-order valence-electron chi connectivity index (χ4n) is 8.33. The van der Waals surface area contributed by atoms with Gasteiger partial charge in [0, 0.05) is 13.0 Å². The SMILES string of the molecule is CC/C=C\C/C=C\C/C=C\C/C=C\CCCCCCCCCCCCC(=O)OC(COCCCCCCCC/C=C\CCCCC)COC1OC(COC2OC(CO)C(O)C(O)C2O)C(O)C(O)C1O. The van der Waals surface area contributed by atoms with Gasteiger partial charge >= 0.3 is 5.97 Å². The third-order valence-electron chi connectivity index (χ3n) is 12.8. The zero-order chi connectivity index (χ0) is 50.9. The molecule has 11 atom stereocenters. The fourth-order valence-corrected chi connectivity index (χ4v) is 8.33. The van der Waals surface area contributed by atoms with Gasteiger partial charge in [0.25, 0.3) is 0 Å². The Hall–Kier alpha value is -2.31. The number of rotatable bonds is 43. The lowest BCUT2D eigenvalue weighted by atomic mass is 9.98. The molecule has 7 N–H and O–H groups in total. The van der Waals surface area contributed by atoms with E-state index in [1.54, 1.807) is 0 Å². The average Bonchev–Trinajstić information content (AvgIpc) is 3.36. The lowest BCUT2D eigenvalue weighted by Gasteiger charge is -2.42. The summed E-state index contributed by atoms with van der Waals surface area (Å²) < 4.78 is 34.3. The molecule has 0 spiro atoms. The minimum Gasteiger partial charge on any atom is -0.457 e. The number of allylic oxidation sites excluding steroid dienone is 10. The Labute approximate surface area is 422 Å². The molecule has 2 saturated heterocycles. The maximum atomic E-state index is 13.0. The van der Waals surface area contributed by atoms with E-state index < -0.39 is 80.7 Å². The number of aliphatic hydroxyl groups excluding tert-OH is 7. The van der Waals surface area contributed by atoms with Crippen LogP contribution in [0.3, 0.4) is 0 Å². The van der Waals surface area contributed by atoms with Gasteiger partial charge in [0.2, 0.25) is 0 Å². The second-order valence-electron chi connectivity index (χ2n) is 19.0. The van der Waals surface area contributed by atoms with Crippen molar-refractivity contribution in [1.29, 1.82) is 0 Å². The van der Waals surface area contributed by atoms with E-state index in [9.17, 15) is 40.5 Å². The Balaban J connectivity index is 1.72.